The van der Waals surface area contributed by atoms with E-state index < -0.39 is 0 Å². The first-order chi connectivity index (χ1) is 8.13. The summed E-state index contributed by atoms with van der Waals surface area (Å²) < 4.78 is 5.74. The minimum atomic E-state index is 0.309. The number of hydrogen-bond donors (Lipinski definition) is 1. The summed E-state index contributed by atoms with van der Waals surface area (Å²) >= 11 is 1.57. The zero-order valence-corrected chi connectivity index (χ0v) is 11.2. The topological polar surface area (TPSA) is 54.6 Å². The number of nitrogen functional groups attached to an aromatic ring is 1. The number of thiazole rings is 1. The molecule has 2 N–H and O–H groups in total. The molecule has 0 bridgehead atoms. The lowest BCUT2D eigenvalue weighted by atomic mass is 10.2. The average Bonchev–Trinajstić information content (AvgIpc) is 2.63. The van der Waals surface area contributed by atoms with Crippen LogP contribution in [0.4, 0.5) is 5.13 Å². The van der Waals surface area contributed by atoms with Crippen molar-refractivity contribution in [2.75, 3.05) is 46.1 Å². The van der Waals surface area contributed by atoms with Crippen molar-refractivity contribution in [2.45, 2.75) is 12.6 Å². The molecule has 1 unspecified atom stereocenters. The van der Waals surface area contributed by atoms with Crippen LogP contribution in [0.25, 0.3) is 0 Å². The summed E-state index contributed by atoms with van der Waals surface area (Å²) in [4.78, 5) is 9.88. The van der Waals surface area contributed by atoms with E-state index in [1.807, 2.05) is 6.20 Å². The van der Waals surface area contributed by atoms with Gasteiger partial charge in [-0.1, -0.05) is 0 Å². The second kappa shape index (κ2) is 5.77. The SMILES string of the molecule is CN(C)CC1CN(Cc2cnc(N)s2)CCO1. The minimum Gasteiger partial charge on any atom is -0.375 e. The maximum atomic E-state index is 5.74. The van der Waals surface area contributed by atoms with Gasteiger partial charge in [-0.15, -0.1) is 11.3 Å². The summed E-state index contributed by atoms with van der Waals surface area (Å²) in [6.45, 7) is 4.69. The molecule has 1 aliphatic rings. The Kier molecular flexibility index (Phi) is 4.33. The Morgan fingerprint density at radius 3 is 3.12 bits per heavy atom. The Balaban J connectivity index is 1.85. The van der Waals surface area contributed by atoms with Gasteiger partial charge in [-0.05, 0) is 14.1 Å². The summed E-state index contributed by atoms with van der Waals surface area (Å²) in [5, 5.41) is 0.651. The van der Waals surface area contributed by atoms with Gasteiger partial charge in [0, 0.05) is 37.3 Å². The van der Waals surface area contributed by atoms with Crippen molar-refractivity contribution in [3.63, 3.8) is 0 Å². The van der Waals surface area contributed by atoms with Gasteiger partial charge >= 0.3 is 0 Å². The highest BCUT2D eigenvalue weighted by atomic mass is 32.1. The van der Waals surface area contributed by atoms with Crippen LogP contribution in [0.1, 0.15) is 4.88 Å². The number of likely N-dealkylation sites (N-methyl/N-ethyl adjacent to an activating group) is 1. The molecule has 1 aromatic rings. The Bertz CT molecular complexity index is 355. The molecule has 0 spiro atoms. The fourth-order valence-electron chi connectivity index (χ4n) is 2.06. The first-order valence-corrected chi connectivity index (χ1v) is 6.64. The standard InChI is InChI=1S/C11H20N4OS/c1-14(2)6-9-7-15(3-4-16-9)8-10-5-13-11(12)17-10/h5,9H,3-4,6-8H2,1-2H3,(H2,12,13). The maximum absolute atomic E-state index is 5.74. The summed E-state index contributed by atoms with van der Waals surface area (Å²) in [5.74, 6) is 0. The monoisotopic (exact) mass is 256 g/mol. The Morgan fingerprint density at radius 2 is 2.47 bits per heavy atom. The van der Waals surface area contributed by atoms with Crippen LogP contribution >= 0.6 is 11.3 Å². The number of rotatable bonds is 4. The van der Waals surface area contributed by atoms with Crippen LogP contribution in [-0.4, -0.2) is 61.2 Å². The van der Waals surface area contributed by atoms with E-state index in [1.54, 1.807) is 11.3 Å². The third-order valence-corrected chi connectivity index (χ3v) is 3.55. The summed E-state index contributed by atoms with van der Waals surface area (Å²) in [6, 6.07) is 0. The van der Waals surface area contributed by atoms with Crippen LogP contribution in [-0.2, 0) is 11.3 Å². The largest absolute Gasteiger partial charge is 0.375 e. The van der Waals surface area contributed by atoms with E-state index in [-0.39, 0.29) is 0 Å². The molecular formula is C11H20N4OS. The molecule has 0 aliphatic carbocycles. The zero-order valence-electron chi connectivity index (χ0n) is 10.4. The first-order valence-electron chi connectivity index (χ1n) is 5.82. The maximum Gasteiger partial charge on any atom is 0.180 e. The lowest BCUT2D eigenvalue weighted by Crippen LogP contribution is -2.45. The molecule has 5 nitrogen and oxygen atoms in total. The van der Waals surface area contributed by atoms with E-state index in [0.717, 1.165) is 32.8 Å². The molecule has 0 aromatic carbocycles. The van der Waals surface area contributed by atoms with Gasteiger partial charge < -0.3 is 15.4 Å². The lowest BCUT2D eigenvalue weighted by Gasteiger charge is -2.33. The minimum absolute atomic E-state index is 0.309. The molecule has 1 atom stereocenters. The van der Waals surface area contributed by atoms with Crippen molar-refractivity contribution in [3.8, 4) is 0 Å². The predicted molar refractivity (Wildman–Crippen MR) is 70.1 cm³/mol. The second-order valence-corrected chi connectivity index (χ2v) is 5.80. The normalized spacial score (nSPS) is 22.2. The number of morpholine rings is 1. The van der Waals surface area contributed by atoms with E-state index >= 15 is 0 Å². The molecule has 2 heterocycles. The summed E-state index contributed by atoms with van der Waals surface area (Å²) in [6.07, 6.45) is 2.18. The van der Waals surface area contributed by atoms with Crippen molar-refractivity contribution in [1.82, 2.24) is 14.8 Å². The second-order valence-electron chi connectivity index (χ2n) is 4.65. The summed E-state index contributed by atoms with van der Waals surface area (Å²) in [7, 11) is 4.15. The van der Waals surface area contributed by atoms with Gasteiger partial charge in [-0.2, -0.15) is 0 Å². The Morgan fingerprint density at radius 1 is 1.65 bits per heavy atom. The van der Waals surface area contributed by atoms with E-state index in [0.29, 0.717) is 11.2 Å². The number of anilines is 1. The molecule has 96 valence electrons. The van der Waals surface area contributed by atoms with Crippen LogP contribution < -0.4 is 5.73 Å². The highest BCUT2D eigenvalue weighted by molar-refractivity contribution is 7.15. The third kappa shape index (κ3) is 3.92. The number of nitrogens with two attached hydrogens (primary N) is 1. The molecule has 6 heteroatoms. The van der Waals surface area contributed by atoms with Crippen LogP contribution in [0.2, 0.25) is 0 Å². The first kappa shape index (κ1) is 12.8. The van der Waals surface area contributed by atoms with Gasteiger partial charge in [0.05, 0.1) is 12.7 Å². The van der Waals surface area contributed by atoms with Crippen molar-refractivity contribution >= 4 is 16.5 Å². The number of ether oxygens (including phenoxy) is 1. The van der Waals surface area contributed by atoms with E-state index in [4.69, 9.17) is 10.5 Å². The molecule has 2 rings (SSSR count). The molecular weight excluding hydrogens is 236 g/mol. The van der Waals surface area contributed by atoms with Gasteiger partial charge in [-0.3, -0.25) is 4.90 Å². The molecule has 0 amide bonds. The van der Waals surface area contributed by atoms with Gasteiger partial charge in [0.15, 0.2) is 5.13 Å². The fourth-order valence-corrected chi connectivity index (χ4v) is 2.78. The molecule has 0 saturated carbocycles. The molecule has 1 aliphatic heterocycles. The smallest absolute Gasteiger partial charge is 0.180 e. The highest BCUT2D eigenvalue weighted by Crippen LogP contribution is 2.18. The molecule has 0 radical (unpaired) electrons. The van der Waals surface area contributed by atoms with Crippen LogP contribution in [0.15, 0.2) is 6.20 Å². The zero-order chi connectivity index (χ0) is 12.3. The number of hydrogen-bond acceptors (Lipinski definition) is 6. The van der Waals surface area contributed by atoms with E-state index in [9.17, 15) is 0 Å². The molecule has 1 aromatic heterocycles. The predicted octanol–water partition coefficient (Wildman–Crippen LogP) is 0.488. The van der Waals surface area contributed by atoms with Crippen LogP contribution in [0.5, 0.6) is 0 Å². The van der Waals surface area contributed by atoms with Gasteiger partial charge in [0.1, 0.15) is 0 Å². The van der Waals surface area contributed by atoms with Crippen molar-refractivity contribution in [1.29, 1.82) is 0 Å². The van der Waals surface area contributed by atoms with Crippen molar-refractivity contribution < 1.29 is 4.74 Å². The molecule has 17 heavy (non-hydrogen) atoms. The number of aromatic nitrogens is 1. The lowest BCUT2D eigenvalue weighted by molar-refractivity contribution is -0.0404. The Labute approximate surface area is 106 Å². The van der Waals surface area contributed by atoms with Gasteiger partial charge in [0.2, 0.25) is 0 Å². The third-order valence-electron chi connectivity index (χ3n) is 2.74. The Hall–Kier alpha value is -0.690. The highest BCUT2D eigenvalue weighted by Gasteiger charge is 2.21. The fraction of sp³-hybridized carbons (Fsp3) is 0.727. The van der Waals surface area contributed by atoms with Crippen molar-refractivity contribution in [3.05, 3.63) is 11.1 Å². The van der Waals surface area contributed by atoms with Crippen LogP contribution in [0, 0.1) is 0 Å². The van der Waals surface area contributed by atoms with Crippen molar-refractivity contribution in [2.24, 2.45) is 0 Å². The van der Waals surface area contributed by atoms with Gasteiger partial charge in [-0.25, -0.2) is 4.98 Å². The average molecular weight is 256 g/mol. The molecule has 1 fully saturated rings. The van der Waals surface area contributed by atoms with E-state index in [2.05, 4.69) is 28.9 Å². The van der Waals surface area contributed by atoms with Gasteiger partial charge in [0.25, 0.3) is 0 Å². The van der Waals surface area contributed by atoms with Crippen LogP contribution in [0.3, 0.4) is 0 Å². The number of nitrogens with zero attached hydrogens (tertiary/aromatic N) is 3. The summed E-state index contributed by atoms with van der Waals surface area (Å²) in [5.41, 5.74) is 5.63. The molecule has 1 saturated heterocycles. The van der Waals surface area contributed by atoms with E-state index in [1.165, 1.54) is 4.88 Å². The quantitative estimate of drug-likeness (QED) is 0.849.